The van der Waals surface area contributed by atoms with E-state index in [1.165, 1.54) is 75.4 Å². The standard InChI is InChI=1S/C22H32ClNSi/c23-25-15-13-22(14-16-25)21-11-9-19(10-12-21)4-2-1-3-18-5-7-20(17-24)8-6-18/h5-8,19,21-22,25H,1-4,9-16H2. The molecule has 0 unspecified atom stereocenters. The lowest BCUT2D eigenvalue weighted by Crippen LogP contribution is -2.26. The van der Waals surface area contributed by atoms with Crippen LogP contribution in [0.1, 0.15) is 68.9 Å². The van der Waals surface area contributed by atoms with Crippen molar-refractivity contribution in [2.45, 2.75) is 76.3 Å². The van der Waals surface area contributed by atoms with E-state index in [9.17, 15) is 0 Å². The fourth-order valence-corrected chi connectivity index (χ4v) is 7.63. The van der Waals surface area contributed by atoms with Crippen LogP contribution in [0.25, 0.3) is 0 Å². The smallest absolute Gasteiger partial charge is 0.141 e. The molecule has 1 nitrogen and oxygen atoms in total. The number of nitrogens with zero attached hydrogens (tertiary/aromatic N) is 1. The number of unbranched alkanes of at least 4 members (excludes halogenated alkanes) is 1. The second-order valence-corrected chi connectivity index (χ2v) is 12.5. The Morgan fingerprint density at radius 2 is 1.56 bits per heavy atom. The Kier molecular flexibility index (Phi) is 7.44. The summed E-state index contributed by atoms with van der Waals surface area (Å²) in [6, 6.07) is 13.1. The maximum Gasteiger partial charge on any atom is 0.141 e. The summed E-state index contributed by atoms with van der Waals surface area (Å²) in [5.41, 5.74) is 2.14. The van der Waals surface area contributed by atoms with E-state index in [-0.39, 0.29) is 0 Å². The van der Waals surface area contributed by atoms with Gasteiger partial charge in [-0.2, -0.15) is 16.3 Å². The Balaban J connectivity index is 1.29. The summed E-state index contributed by atoms with van der Waals surface area (Å²) in [7, 11) is -0.794. The molecule has 1 aliphatic heterocycles. The molecule has 1 saturated heterocycles. The zero-order valence-electron chi connectivity index (χ0n) is 15.4. The van der Waals surface area contributed by atoms with Crippen LogP contribution in [0.2, 0.25) is 12.1 Å². The topological polar surface area (TPSA) is 23.8 Å². The monoisotopic (exact) mass is 373 g/mol. The molecule has 1 aliphatic carbocycles. The van der Waals surface area contributed by atoms with Gasteiger partial charge in [0.15, 0.2) is 0 Å². The van der Waals surface area contributed by atoms with Gasteiger partial charge in [-0.25, -0.2) is 0 Å². The Labute approximate surface area is 160 Å². The van der Waals surface area contributed by atoms with Gasteiger partial charge in [0.05, 0.1) is 11.6 Å². The number of hydrogen-bond donors (Lipinski definition) is 0. The van der Waals surface area contributed by atoms with E-state index >= 15 is 0 Å². The van der Waals surface area contributed by atoms with Crippen LogP contribution in [0.5, 0.6) is 0 Å². The molecule has 1 aromatic carbocycles. The molecule has 3 heteroatoms. The third-order valence-corrected chi connectivity index (χ3v) is 9.90. The van der Waals surface area contributed by atoms with Crippen LogP contribution in [0.15, 0.2) is 24.3 Å². The zero-order valence-corrected chi connectivity index (χ0v) is 17.3. The number of halogens is 1. The highest BCUT2D eigenvalue weighted by Crippen LogP contribution is 2.41. The maximum atomic E-state index is 8.85. The predicted molar refractivity (Wildman–Crippen MR) is 110 cm³/mol. The van der Waals surface area contributed by atoms with Gasteiger partial charge in [0.1, 0.15) is 8.11 Å². The summed E-state index contributed by atoms with van der Waals surface area (Å²) in [6.07, 6.45) is 14.0. The lowest BCUT2D eigenvalue weighted by molar-refractivity contribution is 0.185. The van der Waals surface area contributed by atoms with E-state index in [4.69, 9.17) is 16.3 Å². The highest BCUT2D eigenvalue weighted by molar-refractivity contribution is 7.07. The third kappa shape index (κ3) is 5.86. The molecule has 1 saturated carbocycles. The lowest BCUT2D eigenvalue weighted by atomic mass is 9.73. The van der Waals surface area contributed by atoms with Crippen molar-refractivity contribution in [1.82, 2.24) is 0 Å². The number of hydrogen-bond acceptors (Lipinski definition) is 1. The highest BCUT2D eigenvalue weighted by Gasteiger charge is 2.30. The summed E-state index contributed by atoms with van der Waals surface area (Å²) in [6.45, 7) is 0. The first-order valence-electron chi connectivity index (χ1n) is 10.4. The Bertz CT molecular complexity index is 548. The summed E-state index contributed by atoms with van der Waals surface area (Å²) in [4.78, 5) is 0. The SMILES string of the molecule is N#Cc1ccc(CCCCC2CCC(C3CC[SiH](Cl)CC3)CC2)cc1. The van der Waals surface area contributed by atoms with Crippen molar-refractivity contribution in [2.75, 3.05) is 0 Å². The van der Waals surface area contributed by atoms with Gasteiger partial charge in [-0.15, -0.1) is 0 Å². The molecule has 0 N–H and O–H groups in total. The molecule has 25 heavy (non-hydrogen) atoms. The lowest BCUT2D eigenvalue weighted by Gasteiger charge is -2.36. The van der Waals surface area contributed by atoms with Crippen molar-refractivity contribution in [2.24, 2.45) is 17.8 Å². The normalized spacial score (nSPS) is 29.9. The van der Waals surface area contributed by atoms with Crippen molar-refractivity contribution < 1.29 is 0 Å². The van der Waals surface area contributed by atoms with Gasteiger partial charge in [0.25, 0.3) is 0 Å². The van der Waals surface area contributed by atoms with Gasteiger partial charge < -0.3 is 0 Å². The van der Waals surface area contributed by atoms with Gasteiger partial charge in [-0.1, -0.05) is 50.7 Å². The van der Waals surface area contributed by atoms with Crippen molar-refractivity contribution in [3.63, 3.8) is 0 Å². The van der Waals surface area contributed by atoms with Crippen LogP contribution in [0.4, 0.5) is 0 Å². The van der Waals surface area contributed by atoms with Crippen LogP contribution in [-0.2, 0) is 6.42 Å². The third-order valence-electron chi connectivity index (χ3n) is 6.67. The molecular formula is C22H32ClNSi. The fraction of sp³-hybridized carbons (Fsp3) is 0.682. The molecule has 0 radical (unpaired) electrons. The molecule has 0 atom stereocenters. The number of nitriles is 1. The van der Waals surface area contributed by atoms with E-state index in [0.29, 0.717) is 0 Å². The minimum atomic E-state index is -0.794. The second-order valence-electron chi connectivity index (χ2n) is 8.35. The van der Waals surface area contributed by atoms with Crippen LogP contribution >= 0.6 is 11.1 Å². The second kappa shape index (κ2) is 9.79. The average molecular weight is 374 g/mol. The van der Waals surface area contributed by atoms with Crippen LogP contribution in [0.3, 0.4) is 0 Å². The Morgan fingerprint density at radius 1 is 0.920 bits per heavy atom. The minimum Gasteiger partial charge on any atom is -0.192 e. The van der Waals surface area contributed by atoms with E-state index in [2.05, 4.69) is 18.2 Å². The Morgan fingerprint density at radius 3 is 2.20 bits per heavy atom. The molecule has 0 bridgehead atoms. The van der Waals surface area contributed by atoms with Gasteiger partial charge >= 0.3 is 0 Å². The highest BCUT2D eigenvalue weighted by atomic mass is 35.6. The summed E-state index contributed by atoms with van der Waals surface area (Å²) in [5, 5.41) is 8.85. The van der Waals surface area contributed by atoms with E-state index in [1.54, 1.807) is 0 Å². The molecule has 0 amide bonds. The molecule has 0 spiro atoms. The molecule has 2 fully saturated rings. The number of rotatable bonds is 6. The van der Waals surface area contributed by atoms with Gasteiger partial charge in [-0.05, 0) is 73.2 Å². The maximum absolute atomic E-state index is 8.85. The molecule has 2 aliphatic rings. The van der Waals surface area contributed by atoms with Crippen molar-refractivity contribution in [3.8, 4) is 6.07 Å². The first kappa shape index (κ1) is 19.0. The van der Waals surface area contributed by atoms with Crippen molar-refractivity contribution >= 4 is 19.2 Å². The summed E-state index contributed by atoms with van der Waals surface area (Å²) < 4.78 is 0. The van der Waals surface area contributed by atoms with E-state index in [0.717, 1.165) is 29.7 Å². The minimum absolute atomic E-state index is 0.766. The van der Waals surface area contributed by atoms with Crippen LogP contribution in [0, 0.1) is 29.1 Å². The van der Waals surface area contributed by atoms with Gasteiger partial charge in [0.2, 0.25) is 0 Å². The molecule has 1 aromatic rings. The predicted octanol–water partition coefficient (Wildman–Crippen LogP) is 6.45. The number of aryl methyl sites for hydroxylation is 1. The van der Waals surface area contributed by atoms with Crippen LogP contribution < -0.4 is 0 Å². The first-order valence-corrected chi connectivity index (χ1v) is 13.8. The van der Waals surface area contributed by atoms with Gasteiger partial charge in [0, 0.05) is 0 Å². The quantitative estimate of drug-likeness (QED) is 0.319. The van der Waals surface area contributed by atoms with Crippen molar-refractivity contribution in [3.05, 3.63) is 35.4 Å². The summed E-state index contributed by atoms with van der Waals surface area (Å²) in [5.74, 6) is 3.02. The molecule has 1 heterocycles. The first-order chi connectivity index (χ1) is 12.2. The zero-order chi connectivity index (χ0) is 17.5. The molecular weight excluding hydrogens is 342 g/mol. The average Bonchev–Trinajstić information content (AvgIpc) is 2.67. The molecule has 3 rings (SSSR count). The molecule has 0 aromatic heterocycles. The number of benzene rings is 1. The largest absolute Gasteiger partial charge is 0.192 e. The van der Waals surface area contributed by atoms with Crippen LogP contribution in [-0.4, -0.2) is 8.11 Å². The Hall–Kier alpha value is -0.783. The molecule has 136 valence electrons. The van der Waals surface area contributed by atoms with E-state index in [1.807, 2.05) is 12.1 Å². The van der Waals surface area contributed by atoms with Gasteiger partial charge in [-0.3, -0.25) is 0 Å². The van der Waals surface area contributed by atoms with E-state index < -0.39 is 8.11 Å². The van der Waals surface area contributed by atoms with Crippen molar-refractivity contribution in [1.29, 1.82) is 5.26 Å². The fourth-order valence-electron chi connectivity index (χ4n) is 5.01. The summed E-state index contributed by atoms with van der Waals surface area (Å²) >= 11 is 6.40.